The van der Waals surface area contributed by atoms with Crippen molar-refractivity contribution < 1.29 is 4.79 Å². The number of nitrogens with zero attached hydrogens (tertiary/aromatic N) is 6. The maximum absolute atomic E-state index is 12.4. The normalized spacial score (nSPS) is 10.5. The van der Waals surface area contributed by atoms with E-state index in [1.165, 1.54) is 23.5 Å². The molecule has 0 unspecified atom stereocenters. The molecular formula is C18H13N7O. The molecule has 26 heavy (non-hydrogen) atoms. The first kappa shape index (κ1) is 15.6. The van der Waals surface area contributed by atoms with Gasteiger partial charge in [0, 0.05) is 17.3 Å². The molecular weight excluding hydrogens is 330 g/mol. The van der Waals surface area contributed by atoms with Gasteiger partial charge in [0.2, 0.25) is 0 Å². The fourth-order valence-corrected chi connectivity index (χ4v) is 2.36. The highest BCUT2D eigenvalue weighted by Gasteiger charge is 2.10. The van der Waals surface area contributed by atoms with Crippen molar-refractivity contribution in [2.75, 3.05) is 5.32 Å². The lowest BCUT2D eigenvalue weighted by molar-refractivity contribution is 0.102. The predicted molar refractivity (Wildman–Crippen MR) is 94.6 cm³/mol. The Hall–Kier alpha value is -3.94. The molecule has 0 saturated carbocycles. The molecule has 0 bridgehead atoms. The van der Waals surface area contributed by atoms with E-state index in [0.717, 1.165) is 11.3 Å². The number of carbonyl (C=O) groups is 1. The number of anilines is 1. The molecule has 4 aromatic rings. The summed E-state index contributed by atoms with van der Waals surface area (Å²) in [6.45, 7) is 0. The topological polar surface area (TPSA) is 98.5 Å². The number of amides is 1. The highest BCUT2D eigenvalue weighted by molar-refractivity contribution is 6.03. The Morgan fingerprint density at radius 2 is 1.88 bits per heavy atom. The van der Waals surface area contributed by atoms with Crippen LogP contribution in [-0.4, -0.2) is 35.9 Å². The molecule has 0 aliphatic rings. The number of nitrogens with one attached hydrogen (secondary N) is 1. The van der Waals surface area contributed by atoms with Crippen LogP contribution in [0.15, 0.2) is 73.4 Å². The molecule has 0 fully saturated rings. The highest BCUT2D eigenvalue weighted by atomic mass is 16.1. The number of hydrogen-bond donors (Lipinski definition) is 1. The van der Waals surface area contributed by atoms with Gasteiger partial charge in [-0.25, -0.2) is 14.6 Å². The summed E-state index contributed by atoms with van der Waals surface area (Å²) in [6, 6.07) is 16.5. The van der Waals surface area contributed by atoms with E-state index in [-0.39, 0.29) is 5.91 Å². The van der Waals surface area contributed by atoms with Gasteiger partial charge in [0.25, 0.3) is 5.91 Å². The van der Waals surface area contributed by atoms with Crippen molar-refractivity contribution in [3.05, 3.63) is 79.0 Å². The van der Waals surface area contributed by atoms with Crippen LogP contribution in [0.5, 0.6) is 0 Å². The van der Waals surface area contributed by atoms with Crippen LogP contribution in [0.2, 0.25) is 0 Å². The molecule has 8 nitrogen and oxygen atoms in total. The molecule has 1 amide bonds. The highest BCUT2D eigenvalue weighted by Crippen LogP contribution is 2.16. The fraction of sp³-hybridized carbons (Fsp3) is 0. The standard InChI is InChI=1S/C18H13N7O/c26-18(14-8-9-20-17(10-14)25-12-19-11-21-25)22-16-7-6-15(23-24-16)13-4-2-1-3-5-13/h1-12H,(H,22,24,26). The largest absolute Gasteiger partial charge is 0.305 e. The van der Waals surface area contributed by atoms with Gasteiger partial charge in [0.1, 0.15) is 12.7 Å². The van der Waals surface area contributed by atoms with Gasteiger partial charge < -0.3 is 5.32 Å². The molecule has 0 saturated heterocycles. The van der Waals surface area contributed by atoms with Gasteiger partial charge in [-0.3, -0.25) is 4.79 Å². The van der Waals surface area contributed by atoms with Crippen LogP contribution in [0.4, 0.5) is 5.82 Å². The summed E-state index contributed by atoms with van der Waals surface area (Å²) in [7, 11) is 0. The number of carbonyl (C=O) groups excluding carboxylic acids is 1. The summed E-state index contributed by atoms with van der Waals surface area (Å²) < 4.78 is 1.48. The molecule has 1 N–H and O–H groups in total. The molecule has 0 aliphatic carbocycles. The van der Waals surface area contributed by atoms with Crippen LogP contribution in [-0.2, 0) is 0 Å². The van der Waals surface area contributed by atoms with Crippen LogP contribution in [0, 0.1) is 0 Å². The van der Waals surface area contributed by atoms with Gasteiger partial charge in [-0.1, -0.05) is 30.3 Å². The van der Waals surface area contributed by atoms with Crippen LogP contribution in [0.3, 0.4) is 0 Å². The van der Waals surface area contributed by atoms with Gasteiger partial charge in [0.15, 0.2) is 11.6 Å². The first-order valence-corrected chi connectivity index (χ1v) is 7.81. The third-order valence-corrected chi connectivity index (χ3v) is 3.64. The zero-order valence-electron chi connectivity index (χ0n) is 13.5. The summed E-state index contributed by atoms with van der Waals surface area (Å²) in [5, 5.41) is 14.9. The summed E-state index contributed by atoms with van der Waals surface area (Å²) >= 11 is 0. The third-order valence-electron chi connectivity index (χ3n) is 3.64. The minimum Gasteiger partial charge on any atom is -0.305 e. The Morgan fingerprint density at radius 1 is 1.00 bits per heavy atom. The quantitative estimate of drug-likeness (QED) is 0.611. The van der Waals surface area contributed by atoms with Gasteiger partial charge in [0.05, 0.1) is 5.69 Å². The van der Waals surface area contributed by atoms with Gasteiger partial charge >= 0.3 is 0 Å². The van der Waals surface area contributed by atoms with Gasteiger partial charge in [-0.05, 0) is 24.3 Å². The fourth-order valence-electron chi connectivity index (χ4n) is 2.36. The first-order valence-electron chi connectivity index (χ1n) is 7.81. The molecule has 0 aliphatic heterocycles. The average Bonchev–Trinajstić information content (AvgIpc) is 3.24. The molecule has 8 heteroatoms. The molecule has 0 atom stereocenters. The second-order valence-corrected chi connectivity index (χ2v) is 5.37. The monoisotopic (exact) mass is 343 g/mol. The summed E-state index contributed by atoms with van der Waals surface area (Å²) in [5.74, 6) is 0.560. The van der Waals surface area contributed by atoms with E-state index in [1.807, 2.05) is 36.4 Å². The van der Waals surface area contributed by atoms with E-state index < -0.39 is 0 Å². The SMILES string of the molecule is O=C(Nc1ccc(-c2ccccc2)nn1)c1ccnc(-n2cncn2)c1. The van der Waals surface area contributed by atoms with Gasteiger partial charge in [-0.2, -0.15) is 5.10 Å². The maximum atomic E-state index is 12.4. The zero-order valence-corrected chi connectivity index (χ0v) is 13.5. The minimum absolute atomic E-state index is 0.310. The van der Waals surface area contributed by atoms with E-state index >= 15 is 0 Å². The Kier molecular flexibility index (Phi) is 4.13. The second-order valence-electron chi connectivity index (χ2n) is 5.37. The number of rotatable bonds is 4. The van der Waals surface area contributed by atoms with Crippen LogP contribution < -0.4 is 5.32 Å². The van der Waals surface area contributed by atoms with E-state index in [9.17, 15) is 4.79 Å². The minimum atomic E-state index is -0.310. The molecule has 0 spiro atoms. The lowest BCUT2D eigenvalue weighted by Gasteiger charge is -2.06. The number of aromatic nitrogens is 6. The molecule has 126 valence electrons. The van der Waals surface area contributed by atoms with Crippen LogP contribution in [0.1, 0.15) is 10.4 Å². The Balaban J connectivity index is 1.51. The van der Waals surface area contributed by atoms with E-state index in [4.69, 9.17) is 0 Å². The molecule has 4 rings (SSSR count). The van der Waals surface area contributed by atoms with E-state index in [2.05, 4.69) is 30.6 Å². The van der Waals surface area contributed by atoms with Crippen molar-refractivity contribution in [2.45, 2.75) is 0 Å². The van der Waals surface area contributed by atoms with Crippen molar-refractivity contribution in [1.29, 1.82) is 0 Å². The van der Waals surface area contributed by atoms with Crippen molar-refractivity contribution in [1.82, 2.24) is 29.9 Å². The molecule has 1 aromatic carbocycles. The van der Waals surface area contributed by atoms with Crippen molar-refractivity contribution >= 4 is 11.7 Å². The average molecular weight is 343 g/mol. The number of hydrogen-bond acceptors (Lipinski definition) is 6. The lowest BCUT2D eigenvalue weighted by atomic mass is 10.1. The smallest absolute Gasteiger partial charge is 0.257 e. The van der Waals surface area contributed by atoms with Crippen molar-refractivity contribution in [3.63, 3.8) is 0 Å². The molecule has 0 radical (unpaired) electrons. The summed E-state index contributed by atoms with van der Waals surface area (Å²) in [4.78, 5) is 20.5. The van der Waals surface area contributed by atoms with E-state index in [0.29, 0.717) is 17.2 Å². The predicted octanol–water partition coefficient (Wildman–Crippen LogP) is 2.37. The molecule has 3 heterocycles. The van der Waals surface area contributed by atoms with Crippen molar-refractivity contribution in [3.8, 4) is 17.1 Å². The Labute approximate surface area is 148 Å². The Bertz CT molecular complexity index is 1020. The van der Waals surface area contributed by atoms with Crippen molar-refractivity contribution in [2.24, 2.45) is 0 Å². The first-order chi connectivity index (χ1) is 12.8. The molecule has 3 aromatic heterocycles. The van der Waals surface area contributed by atoms with Crippen LogP contribution >= 0.6 is 0 Å². The number of pyridine rings is 1. The third kappa shape index (κ3) is 3.29. The lowest BCUT2D eigenvalue weighted by Crippen LogP contribution is -2.14. The van der Waals surface area contributed by atoms with Gasteiger partial charge in [-0.15, -0.1) is 10.2 Å². The second kappa shape index (κ2) is 6.89. The number of benzene rings is 1. The Morgan fingerprint density at radius 3 is 2.62 bits per heavy atom. The van der Waals surface area contributed by atoms with Crippen LogP contribution in [0.25, 0.3) is 17.1 Å². The summed E-state index contributed by atoms with van der Waals surface area (Å²) in [6.07, 6.45) is 4.45. The zero-order chi connectivity index (χ0) is 17.8. The summed E-state index contributed by atoms with van der Waals surface area (Å²) in [5.41, 5.74) is 2.13. The maximum Gasteiger partial charge on any atom is 0.257 e. The van der Waals surface area contributed by atoms with E-state index in [1.54, 1.807) is 18.2 Å².